The number of hydrogen-bond acceptors (Lipinski definition) is 4. The molecule has 0 aliphatic heterocycles. The second-order valence-corrected chi connectivity index (χ2v) is 5.23. The van der Waals surface area contributed by atoms with Gasteiger partial charge in [-0.15, -0.1) is 0 Å². The zero-order valence-electron chi connectivity index (χ0n) is 9.81. The van der Waals surface area contributed by atoms with Crippen molar-refractivity contribution in [3.63, 3.8) is 0 Å². The molecule has 1 atom stereocenters. The average molecular weight is 251 g/mol. The molecule has 1 heterocycles. The standard InChI is InChI=1S/C12H17N3OS/c1-8-2-3-10-11(6-8)15-12(14-10)17-5-4-9(13)7-16/h2-3,6,9,16H,4-5,7,13H2,1H3,(H,14,15). The smallest absolute Gasteiger partial charge is 0.166 e. The number of thioether (sulfide) groups is 1. The molecule has 0 saturated carbocycles. The van der Waals surface area contributed by atoms with Crippen LogP contribution >= 0.6 is 11.8 Å². The number of nitrogens with two attached hydrogens (primary N) is 1. The minimum absolute atomic E-state index is 0.0416. The van der Waals surface area contributed by atoms with Gasteiger partial charge in [0.05, 0.1) is 17.6 Å². The normalized spacial score (nSPS) is 13.1. The van der Waals surface area contributed by atoms with Crippen LogP contribution in [0.1, 0.15) is 12.0 Å². The fourth-order valence-electron chi connectivity index (χ4n) is 1.57. The van der Waals surface area contributed by atoms with E-state index in [1.54, 1.807) is 11.8 Å². The van der Waals surface area contributed by atoms with Crippen LogP contribution in [-0.4, -0.2) is 33.5 Å². The number of imidazole rings is 1. The third-order valence-electron chi connectivity index (χ3n) is 2.58. The van der Waals surface area contributed by atoms with E-state index in [-0.39, 0.29) is 12.6 Å². The molecule has 4 N–H and O–H groups in total. The third-order valence-corrected chi connectivity index (χ3v) is 3.48. The van der Waals surface area contributed by atoms with Crippen LogP contribution in [0.4, 0.5) is 0 Å². The summed E-state index contributed by atoms with van der Waals surface area (Å²) in [7, 11) is 0. The zero-order valence-corrected chi connectivity index (χ0v) is 10.6. The summed E-state index contributed by atoms with van der Waals surface area (Å²) in [6.45, 7) is 2.10. The van der Waals surface area contributed by atoms with Crippen molar-refractivity contribution in [1.82, 2.24) is 9.97 Å². The Morgan fingerprint density at radius 2 is 2.35 bits per heavy atom. The molecule has 0 radical (unpaired) electrons. The van der Waals surface area contributed by atoms with Crippen molar-refractivity contribution in [1.29, 1.82) is 0 Å². The number of hydrogen-bond donors (Lipinski definition) is 3. The van der Waals surface area contributed by atoms with Crippen LogP contribution in [0.5, 0.6) is 0 Å². The Hall–Kier alpha value is -1.04. The van der Waals surface area contributed by atoms with Gasteiger partial charge in [0.25, 0.3) is 0 Å². The van der Waals surface area contributed by atoms with E-state index in [0.29, 0.717) is 0 Å². The summed E-state index contributed by atoms with van der Waals surface area (Å²) < 4.78 is 0. The Balaban J connectivity index is 1.99. The summed E-state index contributed by atoms with van der Waals surface area (Å²) in [4.78, 5) is 7.76. The Bertz CT molecular complexity index is 497. The molecule has 1 unspecified atom stereocenters. The van der Waals surface area contributed by atoms with Crippen molar-refractivity contribution in [2.45, 2.75) is 24.5 Å². The van der Waals surface area contributed by atoms with E-state index in [1.165, 1.54) is 5.56 Å². The SMILES string of the molecule is Cc1ccc2nc(SCCC(N)CO)[nH]c2c1. The predicted molar refractivity (Wildman–Crippen MR) is 71.2 cm³/mol. The molecule has 17 heavy (non-hydrogen) atoms. The molecule has 0 aliphatic carbocycles. The molecule has 1 aromatic carbocycles. The Morgan fingerprint density at radius 1 is 1.53 bits per heavy atom. The van der Waals surface area contributed by atoms with Crippen LogP contribution < -0.4 is 5.73 Å². The van der Waals surface area contributed by atoms with Crippen LogP contribution in [0.3, 0.4) is 0 Å². The molecule has 2 aromatic rings. The number of aromatic amines is 1. The van der Waals surface area contributed by atoms with Gasteiger partial charge in [-0.05, 0) is 31.0 Å². The van der Waals surface area contributed by atoms with Gasteiger partial charge in [0.15, 0.2) is 5.16 Å². The summed E-state index contributed by atoms with van der Waals surface area (Å²) in [5.74, 6) is 0.862. The number of aryl methyl sites for hydroxylation is 1. The molecule has 92 valence electrons. The number of benzene rings is 1. The largest absolute Gasteiger partial charge is 0.395 e. The van der Waals surface area contributed by atoms with E-state index in [4.69, 9.17) is 10.8 Å². The highest BCUT2D eigenvalue weighted by atomic mass is 32.2. The zero-order chi connectivity index (χ0) is 12.3. The molecule has 0 amide bonds. The lowest BCUT2D eigenvalue weighted by molar-refractivity contribution is 0.264. The van der Waals surface area contributed by atoms with Crippen LogP contribution in [0.2, 0.25) is 0 Å². The summed E-state index contributed by atoms with van der Waals surface area (Å²) in [6, 6.07) is 6.03. The number of aliphatic hydroxyl groups excluding tert-OH is 1. The monoisotopic (exact) mass is 251 g/mol. The van der Waals surface area contributed by atoms with Crippen molar-refractivity contribution in [3.05, 3.63) is 23.8 Å². The number of fused-ring (bicyclic) bond motifs is 1. The van der Waals surface area contributed by atoms with Crippen molar-refractivity contribution in [3.8, 4) is 0 Å². The van der Waals surface area contributed by atoms with E-state index < -0.39 is 0 Å². The molecule has 2 rings (SSSR count). The molecular weight excluding hydrogens is 234 g/mol. The first-order valence-corrected chi connectivity index (χ1v) is 6.63. The lowest BCUT2D eigenvalue weighted by Crippen LogP contribution is -2.24. The van der Waals surface area contributed by atoms with Gasteiger partial charge < -0.3 is 15.8 Å². The van der Waals surface area contributed by atoms with Gasteiger partial charge in [-0.25, -0.2) is 4.98 Å². The maximum atomic E-state index is 8.82. The highest BCUT2D eigenvalue weighted by molar-refractivity contribution is 7.99. The average Bonchev–Trinajstić information content (AvgIpc) is 2.70. The van der Waals surface area contributed by atoms with Crippen LogP contribution in [0.15, 0.2) is 23.4 Å². The number of rotatable bonds is 5. The molecule has 0 fully saturated rings. The third kappa shape index (κ3) is 3.21. The molecule has 4 nitrogen and oxygen atoms in total. The maximum absolute atomic E-state index is 8.82. The van der Waals surface area contributed by atoms with Crippen LogP contribution in [0, 0.1) is 6.92 Å². The number of aromatic nitrogens is 2. The van der Waals surface area contributed by atoms with Crippen molar-refractivity contribution >= 4 is 22.8 Å². The second kappa shape index (κ2) is 5.53. The van der Waals surface area contributed by atoms with E-state index in [9.17, 15) is 0 Å². The van der Waals surface area contributed by atoms with E-state index >= 15 is 0 Å². The molecular formula is C12H17N3OS. The van der Waals surface area contributed by atoms with E-state index in [1.807, 2.05) is 6.07 Å². The Morgan fingerprint density at radius 3 is 3.12 bits per heavy atom. The topological polar surface area (TPSA) is 74.9 Å². The summed E-state index contributed by atoms with van der Waals surface area (Å²) in [5.41, 5.74) is 8.92. The Labute approximate surface area is 105 Å². The van der Waals surface area contributed by atoms with Gasteiger partial charge in [0, 0.05) is 11.8 Å². The van der Waals surface area contributed by atoms with Crippen molar-refractivity contribution < 1.29 is 5.11 Å². The molecule has 5 heteroatoms. The fraction of sp³-hybridized carbons (Fsp3) is 0.417. The number of nitrogens with one attached hydrogen (secondary N) is 1. The number of nitrogens with zero attached hydrogens (tertiary/aromatic N) is 1. The van der Waals surface area contributed by atoms with Gasteiger partial charge in [0.2, 0.25) is 0 Å². The van der Waals surface area contributed by atoms with Gasteiger partial charge in [-0.2, -0.15) is 0 Å². The van der Waals surface area contributed by atoms with Gasteiger partial charge >= 0.3 is 0 Å². The first-order chi connectivity index (χ1) is 8.19. The first-order valence-electron chi connectivity index (χ1n) is 5.64. The molecule has 0 spiro atoms. The lowest BCUT2D eigenvalue weighted by Gasteiger charge is -2.05. The van der Waals surface area contributed by atoms with E-state index in [0.717, 1.165) is 28.4 Å². The summed E-state index contributed by atoms with van der Waals surface area (Å²) in [5, 5.41) is 9.73. The van der Waals surface area contributed by atoms with Gasteiger partial charge in [-0.1, -0.05) is 17.8 Å². The van der Waals surface area contributed by atoms with Gasteiger partial charge in [0.1, 0.15) is 0 Å². The number of H-pyrrole nitrogens is 1. The maximum Gasteiger partial charge on any atom is 0.166 e. The van der Waals surface area contributed by atoms with Crippen LogP contribution in [0.25, 0.3) is 11.0 Å². The molecule has 0 bridgehead atoms. The summed E-state index contributed by atoms with van der Waals surface area (Å²) in [6.07, 6.45) is 0.789. The molecule has 0 aliphatic rings. The second-order valence-electron chi connectivity index (χ2n) is 4.14. The molecule has 1 aromatic heterocycles. The van der Waals surface area contributed by atoms with E-state index in [2.05, 4.69) is 29.0 Å². The first kappa shape index (κ1) is 12.4. The highest BCUT2D eigenvalue weighted by Gasteiger charge is 2.05. The fourth-order valence-corrected chi connectivity index (χ4v) is 2.53. The molecule has 0 saturated heterocycles. The highest BCUT2D eigenvalue weighted by Crippen LogP contribution is 2.20. The number of aliphatic hydroxyl groups is 1. The Kier molecular flexibility index (Phi) is 4.04. The lowest BCUT2D eigenvalue weighted by atomic mass is 10.2. The van der Waals surface area contributed by atoms with Crippen LogP contribution in [-0.2, 0) is 0 Å². The quantitative estimate of drug-likeness (QED) is 0.707. The summed E-state index contributed by atoms with van der Waals surface area (Å²) >= 11 is 1.64. The predicted octanol–water partition coefficient (Wildman–Crippen LogP) is 1.67. The van der Waals surface area contributed by atoms with Crippen molar-refractivity contribution in [2.75, 3.05) is 12.4 Å². The van der Waals surface area contributed by atoms with Gasteiger partial charge in [-0.3, -0.25) is 0 Å². The minimum atomic E-state index is -0.130. The van der Waals surface area contributed by atoms with Crippen molar-refractivity contribution in [2.24, 2.45) is 5.73 Å². The minimum Gasteiger partial charge on any atom is -0.395 e.